The average Bonchev–Trinajstić information content (AvgIpc) is 3.51. The average molecular weight is 475 g/mol. The molecule has 6 rings (SSSR count). The molecule has 2 aromatic heterocycles. The zero-order chi connectivity index (χ0) is 22.5. The largest absolute Gasteiger partial charge is 0.480 e. The van der Waals surface area contributed by atoms with Crippen LogP contribution in [0.2, 0.25) is 0 Å². The summed E-state index contributed by atoms with van der Waals surface area (Å²) in [7, 11) is 0. The SMILES string of the molecule is CC(C)C(C(=O)O)N1C(=O)C2C3CC(C2C1=O)C1C3Sc2[nH]c(=O)sc2[C@@H]1c1ccco1. The lowest BCUT2D eigenvalue weighted by atomic mass is 9.69. The number of imide groups is 1. The lowest BCUT2D eigenvalue weighted by molar-refractivity contribution is -0.157. The second-order valence-electron chi connectivity index (χ2n) is 9.55. The molecule has 2 aromatic rings. The molecule has 168 valence electrons. The molecule has 1 saturated heterocycles. The number of likely N-dealkylation sites (tertiary alicyclic amines) is 1. The van der Waals surface area contributed by atoms with Crippen LogP contribution in [-0.4, -0.2) is 44.1 Å². The van der Waals surface area contributed by atoms with E-state index in [2.05, 4.69) is 4.98 Å². The summed E-state index contributed by atoms with van der Waals surface area (Å²) in [5.41, 5.74) is 0. The third-order valence-corrected chi connectivity index (χ3v) is 10.4. The maximum atomic E-state index is 13.5. The van der Waals surface area contributed by atoms with E-state index in [-0.39, 0.29) is 51.5 Å². The normalized spacial score (nSPS) is 35.8. The number of nitrogens with zero attached hydrogens (tertiary/aromatic N) is 1. The van der Waals surface area contributed by atoms with Crippen molar-refractivity contribution in [1.82, 2.24) is 9.88 Å². The first-order valence-electron chi connectivity index (χ1n) is 10.8. The molecule has 2 saturated carbocycles. The van der Waals surface area contributed by atoms with Crippen molar-refractivity contribution < 1.29 is 23.9 Å². The number of aliphatic carboxylic acids is 1. The van der Waals surface area contributed by atoms with E-state index in [0.29, 0.717) is 0 Å². The molecule has 2 aliphatic carbocycles. The zero-order valence-corrected chi connectivity index (χ0v) is 19.0. The Morgan fingerprint density at radius 1 is 1.22 bits per heavy atom. The number of carbonyl (C=O) groups is 3. The van der Waals surface area contributed by atoms with Crippen LogP contribution in [0.1, 0.15) is 36.8 Å². The van der Waals surface area contributed by atoms with Crippen LogP contribution < -0.4 is 4.87 Å². The Bertz CT molecular complexity index is 1180. The second-order valence-corrected chi connectivity index (χ2v) is 11.8. The van der Waals surface area contributed by atoms with Gasteiger partial charge in [0.25, 0.3) is 0 Å². The number of hydrogen-bond acceptors (Lipinski definition) is 7. The van der Waals surface area contributed by atoms with Gasteiger partial charge in [0.1, 0.15) is 11.8 Å². The number of H-pyrrole nitrogens is 1. The van der Waals surface area contributed by atoms with E-state index < -0.39 is 23.8 Å². The predicted octanol–water partition coefficient (Wildman–Crippen LogP) is 2.61. The quantitative estimate of drug-likeness (QED) is 0.654. The highest BCUT2D eigenvalue weighted by molar-refractivity contribution is 8.00. The number of aromatic amines is 1. The number of carbonyl (C=O) groups excluding carboxylic acids is 2. The minimum atomic E-state index is -1.14. The van der Waals surface area contributed by atoms with Gasteiger partial charge in [0, 0.05) is 5.25 Å². The monoisotopic (exact) mass is 474 g/mol. The highest BCUT2D eigenvalue weighted by atomic mass is 32.2. The highest BCUT2D eigenvalue weighted by Crippen LogP contribution is 2.68. The Hall–Kier alpha value is -2.33. The van der Waals surface area contributed by atoms with Crippen molar-refractivity contribution in [3.8, 4) is 0 Å². The van der Waals surface area contributed by atoms with Crippen LogP contribution in [0, 0.1) is 35.5 Å². The van der Waals surface area contributed by atoms with Gasteiger partial charge in [-0.3, -0.25) is 19.3 Å². The van der Waals surface area contributed by atoms with E-state index in [0.717, 1.165) is 27.0 Å². The van der Waals surface area contributed by atoms with Gasteiger partial charge in [-0.25, -0.2) is 4.79 Å². The van der Waals surface area contributed by atoms with Crippen LogP contribution in [0.25, 0.3) is 0 Å². The van der Waals surface area contributed by atoms with Crippen LogP contribution in [0.5, 0.6) is 0 Å². The third-order valence-electron chi connectivity index (χ3n) is 7.77. The van der Waals surface area contributed by atoms with Crippen LogP contribution >= 0.6 is 23.1 Å². The molecular weight excluding hydrogens is 452 g/mol. The summed E-state index contributed by atoms with van der Waals surface area (Å²) in [6.07, 6.45) is 2.38. The molecule has 0 spiro atoms. The number of carboxylic acids is 1. The summed E-state index contributed by atoms with van der Waals surface area (Å²) in [6, 6.07) is 2.58. The highest BCUT2D eigenvalue weighted by Gasteiger charge is 2.70. The van der Waals surface area contributed by atoms with Crippen molar-refractivity contribution >= 4 is 40.9 Å². The number of rotatable bonds is 4. The van der Waals surface area contributed by atoms with Gasteiger partial charge >= 0.3 is 10.8 Å². The molecule has 4 heterocycles. The van der Waals surface area contributed by atoms with Gasteiger partial charge in [-0.2, -0.15) is 0 Å². The molecule has 4 aliphatic rings. The summed E-state index contributed by atoms with van der Waals surface area (Å²) in [5.74, 6) is -2.59. The Kier molecular flexibility index (Phi) is 4.33. The molecule has 2 N–H and O–H groups in total. The van der Waals surface area contributed by atoms with Crippen LogP contribution in [-0.2, 0) is 14.4 Å². The first-order valence-corrected chi connectivity index (χ1v) is 12.5. The Morgan fingerprint density at radius 3 is 2.56 bits per heavy atom. The number of aromatic nitrogens is 1. The minimum absolute atomic E-state index is 0.0305. The first-order chi connectivity index (χ1) is 15.3. The van der Waals surface area contributed by atoms with E-state index in [9.17, 15) is 24.3 Å². The zero-order valence-electron chi connectivity index (χ0n) is 17.4. The topological polar surface area (TPSA) is 121 Å². The number of nitrogens with one attached hydrogen (secondary N) is 1. The molecule has 0 radical (unpaired) electrons. The fraction of sp³-hybridized carbons (Fsp3) is 0.545. The number of thiazole rings is 1. The summed E-state index contributed by atoms with van der Waals surface area (Å²) < 4.78 is 5.78. The lowest BCUT2D eigenvalue weighted by Crippen LogP contribution is -2.49. The maximum Gasteiger partial charge on any atom is 0.327 e. The molecule has 8 nitrogen and oxygen atoms in total. The number of hydrogen-bond donors (Lipinski definition) is 2. The lowest BCUT2D eigenvalue weighted by Gasteiger charge is -2.42. The number of thioether (sulfide) groups is 1. The van der Waals surface area contributed by atoms with Crippen LogP contribution in [0.15, 0.2) is 32.6 Å². The van der Waals surface area contributed by atoms with Crippen LogP contribution in [0.4, 0.5) is 0 Å². The van der Waals surface area contributed by atoms with E-state index >= 15 is 0 Å². The third kappa shape index (κ3) is 2.50. The van der Waals surface area contributed by atoms with Crippen molar-refractivity contribution in [3.63, 3.8) is 0 Å². The van der Waals surface area contributed by atoms with Gasteiger partial charge in [-0.15, -0.1) is 11.8 Å². The number of carboxylic acid groups (broad SMARTS) is 1. The molecule has 10 heteroatoms. The fourth-order valence-electron chi connectivity index (χ4n) is 6.79. The molecule has 2 aliphatic heterocycles. The predicted molar refractivity (Wildman–Crippen MR) is 115 cm³/mol. The molecule has 3 fully saturated rings. The standard InChI is InChI=1S/C22H22N2O6S2/c1-7(2)15(21(27)28)24-19(25)12-8-6-9(13(12)20(24)26)16-11(8)14(10-4-3-5-30-10)17-18(31-16)23-22(29)32-17/h3-5,7-9,11-16H,6H2,1-2H3,(H,23,29)(H,27,28)/t8?,9?,11?,12?,13?,14-,15?,16?/m1/s1. The van der Waals surface area contributed by atoms with E-state index in [4.69, 9.17) is 4.42 Å². The van der Waals surface area contributed by atoms with Gasteiger partial charge in [-0.1, -0.05) is 25.2 Å². The van der Waals surface area contributed by atoms with E-state index in [1.165, 1.54) is 11.3 Å². The summed E-state index contributed by atoms with van der Waals surface area (Å²) in [4.78, 5) is 55.8. The van der Waals surface area contributed by atoms with Gasteiger partial charge in [0.05, 0.1) is 33.9 Å². The minimum Gasteiger partial charge on any atom is -0.480 e. The summed E-state index contributed by atoms with van der Waals surface area (Å²) in [5, 5.41) is 10.6. The van der Waals surface area contributed by atoms with E-state index in [1.807, 2.05) is 12.1 Å². The number of fused-ring (bicyclic) bond motifs is 9. The second kappa shape index (κ2) is 6.84. The van der Waals surface area contributed by atoms with Gasteiger partial charge in [-0.05, 0) is 42.2 Å². The molecule has 2 amide bonds. The Balaban J connectivity index is 1.43. The maximum absolute atomic E-state index is 13.5. The molecule has 2 bridgehead atoms. The summed E-state index contributed by atoms with van der Waals surface area (Å²) >= 11 is 2.78. The van der Waals surface area contributed by atoms with Crippen molar-refractivity contribution in [2.24, 2.45) is 35.5 Å². The van der Waals surface area contributed by atoms with Crippen molar-refractivity contribution in [3.05, 3.63) is 38.7 Å². The summed E-state index contributed by atoms with van der Waals surface area (Å²) in [6.45, 7) is 3.44. The Morgan fingerprint density at radius 2 is 1.94 bits per heavy atom. The van der Waals surface area contributed by atoms with Gasteiger partial charge < -0.3 is 14.5 Å². The number of furan rings is 1. The molecule has 0 aromatic carbocycles. The fourth-order valence-corrected chi connectivity index (χ4v) is 9.66. The van der Waals surface area contributed by atoms with Crippen molar-refractivity contribution in [2.75, 3.05) is 0 Å². The van der Waals surface area contributed by atoms with Gasteiger partial charge in [0.15, 0.2) is 0 Å². The van der Waals surface area contributed by atoms with Gasteiger partial charge in [0.2, 0.25) is 11.8 Å². The first kappa shape index (κ1) is 20.3. The van der Waals surface area contributed by atoms with Crippen molar-refractivity contribution in [2.45, 2.75) is 42.5 Å². The number of amides is 2. The smallest absolute Gasteiger partial charge is 0.327 e. The molecule has 8 atom stereocenters. The Labute approximate surface area is 191 Å². The molecule has 7 unspecified atom stereocenters. The van der Waals surface area contributed by atoms with Crippen molar-refractivity contribution in [1.29, 1.82) is 0 Å². The van der Waals surface area contributed by atoms with E-state index in [1.54, 1.807) is 31.9 Å². The van der Waals surface area contributed by atoms with Crippen LogP contribution in [0.3, 0.4) is 0 Å². The molecule has 32 heavy (non-hydrogen) atoms. The molecular formula is C22H22N2O6S2.